The van der Waals surface area contributed by atoms with Crippen molar-refractivity contribution in [1.29, 1.82) is 0 Å². The first-order valence-electron chi connectivity index (χ1n) is 6.62. The number of ether oxygens (including phenoxy) is 1. The Hall–Kier alpha value is -1.88. The van der Waals surface area contributed by atoms with Gasteiger partial charge in [-0.3, -0.25) is 14.9 Å². The number of nitrogens with one attached hydrogen (secondary N) is 2. The highest BCUT2D eigenvalue weighted by Crippen LogP contribution is 2.12. The number of amides is 1. The van der Waals surface area contributed by atoms with Gasteiger partial charge in [0.25, 0.3) is 0 Å². The number of anilines is 1. The van der Waals surface area contributed by atoms with Crippen LogP contribution in [0, 0.1) is 12.8 Å². The second-order valence-electron chi connectivity index (χ2n) is 4.99. The van der Waals surface area contributed by atoms with Crippen molar-refractivity contribution in [2.45, 2.75) is 26.8 Å². The van der Waals surface area contributed by atoms with Crippen molar-refractivity contribution in [3.8, 4) is 0 Å². The third-order valence-corrected chi connectivity index (χ3v) is 3.02. The monoisotopic (exact) mass is 278 g/mol. The van der Waals surface area contributed by atoms with Crippen molar-refractivity contribution in [3.63, 3.8) is 0 Å². The number of benzene rings is 1. The standard InChI is InChI=1S/C15H22N2O3/c1-10(2)14(15(19)20-4)16-9-13(18)17-12-8-6-5-7-11(12)3/h5-8,10,14,16H,9H2,1-4H3,(H,17,18). The third kappa shape index (κ3) is 4.66. The van der Waals surface area contributed by atoms with E-state index in [-0.39, 0.29) is 24.3 Å². The Labute approximate surface area is 119 Å². The largest absolute Gasteiger partial charge is 0.468 e. The van der Waals surface area contributed by atoms with Crippen molar-refractivity contribution in [3.05, 3.63) is 29.8 Å². The van der Waals surface area contributed by atoms with Gasteiger partial charge in [-0.2, -0.15) is 0 Å². The maximum atomic E-state index is 11.9. The van der Waals surface area contributed by atoms with Gasteiger partial charge in [-0.25, -0.2) is 0 Å². The van der Waals surface area contributed by atoms with E-state index in [1.165, 1.54) is 7.11 Å². The Bertz CT molecular complexity index is 472. The summed E-state index contributed by atoms with van der Waals surface area (Å²) in [4.78, 5) is 23.4. The molecule has 5 heteroatoms. The van der Waals surface area contributed by atoms with Gasteiger partial charge in [0.05, 0.1) is 13.7 Å². The molecule has 0 aliphatic rings. The van der Waals surface area contributed by atoms with Crippen molar-refractivity contribution >= 4 is 17.6 Å². The number of hydrogen-bond acceptors (Lipinski definition) is 4. The van der Waals surface area contributed by atoms with Crippen molar-refractivity contribution in [2.75, 3.05) is 19.0 Å². The van der Waals surface area contributed by atoms with Crippen LogP contribution in [-0.4, -0.2) is 31.6 Å². The molecule has 0 radical (unpaired) electrons. The molecule has 1 aromatic rings. The smallest absolute Gasteiger partial charge is 0.323 e. The Morgan fingerprint density at radius 3 is 2.45 bits per heavy atom. The minimum Gasteiger partial charge on any atom is -0.468 e. The van der Waals surface area contributed by atoms with Gasteiger partial charge in [-0.15, -0.1) is 0 Å². The molecule has 0 fully saturated rings. The molecule has 1 aromatic carbocycles. The normalized spacial score (nSPS) is 12.1. The summed E-state index contributed by atoms with van der Waals surface area (Å²) in [5, 5.41) is 5.73. The van der Waals surface area contributed by atoms with Gasteiger partial charge in [-0.05, 0) is 24.5 Å². The zero-order valence-corrected chi connectivity index (χ0v) is 12.4. The molecule has 0 spiro atoms. The van der Waals surface area contributed by atoms with Gasteiger partial charge in [0.1, 0.15) is 6.04 Å². The Morgan fingerprint density at radius 1 is 1.25 bits per heavy atom. The van der Waals surface area contributed by atoms with Crippen LogP contribution in [0.25, 0.3) is 0 Å². The van der Waals surface area contributed by atoms with Gasteiger partial charge in [0.15, 0.2) is 0 Å². The van der Waals surface area contributed by atoms with Gasteiger partial charge in [-0.1, -0.05) is 32.0 Å². The molecule has 110 valence electrons. The Morgan fingerprint density at radius 2 is 1.90 bits per heavy atom. The highest BCUT2D eigenvalue weighted by molar-refractivity contribution is 5.93. The van der Waals surface area contributed by atoms with E-state index in [9.17, 15) is 9.59 Å². The summed E-state index contributed by atoms with van der Waals surface area (Å²) in [6.07, 6.45) is 0. The van der Waals surface area contributed by atoms with E-state index in [4.69, 9.17) is 4.74 Å². The number of para-hydroxylation sites is 1. The van der Waals surface area contributed by atoms with Crippen LogP contribution < -0.4 is 10.6 Å². The minimum atomic E-state index is -0.484. The van der Waals surface area contributed by atoms with Gasteiger partial charge >= 0.3 is 5.97 Å². The number of methoxy groups -OCH3 is 1. The highest BCUT2D eigenvalue weighted by Gasteiger charge is 2.23. The number of carbonyl (C=O) groups is 2. The first kappa shape index (κ1) is 16.2. The van der Waals surface area contributed by atoms with Crippen molar-refractivity contribution < 1.29 is 14.3 Å². The molecule has 0 saturated heterocycles. The van der Waals surface area contributed by atoms with Crippen LogP contribution in [0.4, 0.5) is 5.69 Å². The SMILES string of the molecule is COC(=O)C(NCC(=O)Nc1ccccc1C)C(C)C. The topological polar surface area (TPSA) is 67.4 Å². The second kappa shape index (κ2) is 7.65. The quantitative estimate of drug-likeness (QED) is 0.778. The van der Waals surface area contributed by atoms with E-state index in [2.05, 4.69) is 10.6 Å². The maximum absolute atomic E-state index is 11.9. The van der Waals surface area contributed by atoms with E-state index < -0.39 is 6.04 Å². The van der Waals surface area contributed by atoms with Crippen molar-refractivity contribution in [1.82, 2.24) is 5.32 Å². The fraction of sp³-hybridized carbons (Fsp3) is 0.467. The third-order valence-electron chi connectivity index (χ3n) is 3.02. The molecule has 0 aliphatic heterocycles. The average Bonchev–Trinajstić information content (AvgIpc) is 2.41. The number of hydrogen-bond donors (Lipinski definition) is 2. The first-order valence-corrected chi connectivity index (χ1v) is 6.62. The zero-order valence-electron chi connectivity index (χ0n) is 12.4. The molecule has 0 aliphatic carbocycles. The molecule has 1 atom stereocenters. The molecule has 0 bridgehead atoms. The number of aryl methyl sites for hydroxylation is 1. The van der Waals surface area contributed by atoms with Crippen LogP contribution in [0.5, 0.6) is 0 Å². The lowest BCUT2D eigenvalue weighted by molar-refractivity contribution is -0.144. The molecule has 2 N–H and O–H groups in total. The molecule has 1 unspecified atom stereocenters. The van der Waals surface area contributed by atoms with E-state index in [0.29, 0.717) is 0 Å². The van der Waals surface area contributed by atoms with Gasteiger partial charge in [0.2, 0.25) is 5.91 Å². The van der Waals surface area contributed by atoms with Gasteiger partial charge in [0, 0.05) is 5.69 Å². The van der Waals surface area contributed by atoms with Crippen LogP contribution in [0.3, 0.4) is 0 Å². The molecular weight excluding hydrogens is 256 g/mol. The lowest BCUT2D eigenvalue weighted by atomic mass is 10.0. The first-order chi connectivity index (χ1) is 9.45. The lowest BCUT2D eigenvalue weighted by Crippen LogP contribution is -2.45. The van der Waals surface area contributed by atoms with Crippen LogP contribution in [0.1, 0.15) is 19.4 Å². The van der Waals surface area contributed by atoms with Crippen LogP contribution in [0.2, 0.25) is 0 Å². The summed E-state index contributed by atoms with van der Waals surface area (Å²) in [5.41, 5.74) is 1.77. The Balaban J connectivity index is 2.54. The molecule has 1 rings (SSSR count). The molecule has 5 nitrogen and oxygen atoms in total. The van der Waals surface area contributed by atoms with Crippen molar-refractivity contribution in [2.24, 2.45) is 5.92 Å². The number of rotatable bonds is 6. The minimum absolute atomic E-state index is 0.0497. The molecule has 0 saturated carbocycles. The predicted molar refractivity (Wildman–Crippen MR) is 78.5 cm³/mol. The van der Waals surface area contributed by atoms with E-state index >= 15 is 0 Å². The number of carbonyl (C=O) groups excluding carboxylic acids is 2. The molecule has 0 heterocycles. The summed E-state index contributed by atoms with van der Waals surface area (Å²) in [5.74, 6) is -0.494. The molecule has 20 heavy (non-hydrogen) atoms. The fourth-order valence-electron chi connectivity index (χ4n) is 1.83. The summed E-state index contributed by atoms with van der Waals surface area (Å²) < 4.78 is 4.71. The van der Waals surface area contributed by atoms with Crippen LogP contribution in [0.15, 0.2) is 24.3 Å². The predicted octanol–water partition coefficient (Wildman–Crippen LogP) is 1.72. The average molecular weight is 278 g/mol. The maximum Gasteiger partial charge on any atom is 0.323 e. The Kier molecular flexibility index (Phi) is 6.18. The zero-order chi connectivity index (χ0) is 15.1. The number of esters is 1. The molecule has 0 aromatic heterocycles. The fourth-order valence-corrected chi connectivity index (χ4v) is 1.83. The second-order valence-corrected chi connectivity index (χ2v) is 4.99. The van der Waals surface area contributed by atoms with Gasteiger partial charge < -0.3 is 10.1 Å². The summed E-state index contributed by atoms with van der Waals surface area (Å²) in [7, 11) is 1.34. The lowest BCUT2D eigenvalue weighted by Gasteiger charge is -2.19. The van der Waals surface area contributed by atoms with Crippen LogP contribution >= 0.6 is 0 Å². The summed E-state index contributed by atoms with van der Waals surface area (Å²) in [6, 6.07) is 7.06. The highest BCUT2D eigenvalue weighted by atomic mass is 16.5. The summed E-state index contributed by atoms with van der Waals surface area (Å²) in [6.45, 7) is 5.78. The molecular formula is C15H22N2O3. The molecule has 1 amide bonds. The van der Waals surface area contributed by atoms with E-state index in [0.717, 1.165) is 11.3 Å². The van der Waals surface area contributed by atoms with E-state index in [1.54, 1.807) is 0 Å². The summed E-state index contributed by atoms with van der Waals surface area (Å²) >= 11 is 0. The van der Waals surface area contributed by atoms with Crippen LogP contribution in [-0.2, 0) is 14.3 Å². The van der Waals surface area contributed by atoms with E-state index in [1.807, 2.05) is 45.0 Å².